The quantitative estimate of drug-likeness (QED) is 0.466. The van der Waals surface area contributed by atoms with E-state index in [0.717, 1.165) is 14.2 Å². The second-order valence-corrected chi connectivity index (χ2v) is 4.37. The predicted molar refractivity (Wildman–Crippen MR) is 50.9 cm³/mol. The Balaban J connectivity index is 3.07. The minimum absolute atomic E-state index is 0.129. The van der Waals surface area contributed by atoms with Crippen LogP contribution < -0.4 is 0 Å². The van der Waals surface area contributed by atoms with Gasteiger partial charge in [-0.2, -0.15) is 0 Å². The van der Waals surface area contributed by atoms with Crippen molar-refractivity contribution in [1.82, 2.24) is 0 Å². The topological polar surface area (TPSA) is 32.6 Å². The Morgan fingerprint density at radius 2 is 2.45 bits per heavy atom. The van der Waals surface area contributed by atoms with Gasteiger partial charge in [0.2, 0.25) is 0 Å². The van der Waals surface area contributed by atoms with Gasteiger partial charge in [0.15, 0.2) is 5.17 Å². The van der Waals surface area contributed by atoms with Crippen molar-refractivity contribution in [1.29, 1.82) is 0 Å². The molecule has 0 aliphatic heterocycles. The third-order valence-corrected chi connectivity index (χ3v) is 3.68. The molecule has 0 saturated heterocycles. The van der Waals surface area contributed by atoms with Crippen LogP contribution in [0.4, 0.5) is 0 Å². The summed E-state index contributed by atoms with van der Waals surface area (Å²) in [4.78, 5) is 1.88. The van der Waals surface area contributed by atoms with E-state index in [1.807, 2.05) is 13.0 Å². The van der Waals surface area contributed by atoms with Crippen molar-refractivity contribution in [2.75, 3.05) is 0 Å². The van der Waals surface area contributed by atoms with Crippen LogP contribution in [0.5, 0.6) is 0 Å². The molecule has 0 amide bonds. The fourth-order valence-electron chi connectivity index (χ4n) is 0.611. The molecule has 0 atom stereocenters. The minimum atomic E-state index is 0.129. The van der Waals surface area contributed by atoms with Gasteiger partial charge in [0.05, 0.1) is 4.88 Å². The van der Waals surface area contributed by atoms with Crippen LogP contribution in [0, 0.1) is 6.92 Å². The molecule has 0 fully saturated rings. The van der Waals surface area contributed by atoms with E-state index in [4.69, 9.17) is 16.8 Å². The lowest BCUT2D eigenvalue weighted by molar-refractivity contribution is 0.321. The summed E-state index contributed by atoms with van der Waals surface area (Å²) < 4.78 is 0.985. The molecule has 1 rings (SSSR count). The molecule has 11 heavy (non-hydrogen) atoms. The first-order valence-electron chi connectivity index (χ1n) is 2.79. The Hall–Kier alpha value is -0.0600. The van der Waals surface area contributed by atoms with Gasteiger partial charge in [-0.15, -0.1) is 11.3 Å². The van der Waals surface area contributed by atoms with Crippen LogP contribution in [0.1, 0.15) is 9.75 Å². The van der Waals surface area contributed by atoms with Gasteiger partial charge in [-0.05, 0) is 28.9 Å². The summed E-state index contributed by atoms with van der Waals surface area (Å²) in [6.45, 7) is 1.96. The first-order chi connectivity index (χ1) is 5.15. The van der Waals surface area contributed by atoms with Gasteiger partial charge in [-0.25, -0.2) is 0 Å². The highest BCUT2D eigenvalue weighted by Crippen LogP contribution is 2.27. The van der Waals surface area contributed by atoms with E-state index in [9.17, 15) is 0 Å². The summed E-state index contributed by atoms with van der Waals surface area (Å²) in [5.41, 5.74) is 0. The number of halogens is 2. The van der Waals surface area contributed by atoms with Crippen LogP contribution in [0.25, 0.3) is 0 Å². The van der Waals surface area contributed by atoms with E-state index < -0.39 is 0 Å². The lowest BCUT2D eigenvalue weighted by Gasteiger charge is -1.85. The van der Waals surface area contributed by atoms with E-state index in [2.05, 4.69) is 21.1 Å². The van der Waals surface area contributed by atoms with E-state index in [1.165, 1.54) is 11.3 Å². The largest absolute Gasteiger partial charge is 0.410 e. The molecule has 5 heteroatoms. The highest BCUT2D eigenvalue weighted by atomic mass is 79.9. The molecule has 2 nitrogen and oxygen atoms in total. The summed E-state index contributed by atoms with van der Waals surface area (Å²) >= 11 is 10.4. The summed E-state index contributed by atoms with van der Waals surface area (Å²) in [7, 11) is 0. The van der Waals surface area contributed by atoms with Gasteiger partial charge in [-0.3, -0.25) is 0 Å². The summed E-state index contributed by atoms with van der Waals surface area (Å²) in [5.74, 6) is 0. The second kappa shape index (κ2) is 3.56. The van der Waals surface area contributed by atoms with Crippen LogP contribution in [0.15, 0.2) is 15.7 Å². The van der Waals surface area contributed by atoms with Gasteiger partial charge in [0.25, 0.3) is 0 Å². The maximum absolute atomic E-state index is 8.34. The minimum Gasteiger partial charge on any atom is -0.410 e. The zero-order valence-electron chi connectivity index (χ0n) is 5.64. The first-order valence-corrected chi connectivity index (χ1v) is 4.77. The number of hydrogen-bond acceptors (Lipinski definition) is 3. The number of nitrogens with zero attached hydrogens (tertiary/aromatic N) is 1. The number of thiophene rings is 1. The van der Waals surface area contributed by atoms with Crippen LogP contribution in [-0.2, 0) is 0 Å². The summed E-state index contributed by atoms with van der Waals surface area (Å²) in [6.07, 6.45) is 0. The zero-order chi connectivity index (χ0) is 8.43. The monoisotopic (exact) mass is 253 g/mol. The molecule has 1 N–H and O–H groups in total. The van der Waals surface area contributed by atoms with Gasteiger partial charge in [-0.1, -0.05) is 16.8 Å². The first kappa shape index (κ1) is 9.03. The smallest absolute Gasteiger partial charge is 0.185 e. The molecular weight excluding hydrogens is 249 g/mol. The van der Waals surface area contributed by atoms with Crippen molar-refractivity contribution < 1.29 is 5.21 Å². The third-order valence-electron chi connectivity index (χ3n) is 1.15. The van der Waals surface area contributed by atoms with Gasteiger partial charge in [0.1, 0.15) is 0 Å². The van der Waals surface area contributed by atoms with Crippen molar-refractivity contribution in [3.63, 3.8) is 0 Å². The molecule has 0 bridgehead atoms. The molecule has 0 radical (unpaired) electrons. The Morgan fingerprint density at radius 3 is 2.82 bits per heavy atom. The van der Waals surface area contributed by atoms with Crippen LogP contribution >= 0.6 is 38.9 Å². The lowest BCUT2D eigenvalue weighted by Crippen LogP contribution is -1.83. The van der Waals surface area contributed by atoms with Gasteiger partial charge >= 0.3 is 0 Å². The SMILES string of the molecule is Cc1sc(/C(Cl)=N/O)cc1Br. The summed E-state index contributed by atoms with van der Waals surface area (Å²) in [6, 6.07) is 1.82. The van der Waals surface area contributed by atoms with E-state index in [0.29, 0.717) is 0 Å². The highest BCUT2D eigenvalue weighted by Gasteiger charge is 2.06. The summed E-state index contributed by atoms with van der Waals surface area (Å²) in [5, 5.41) is 11.3. The van der Waals surface area contributed by atoms with Crippen molar-refractivity contribution in [3.8, 4) is 0 Å². The molecule has 0 saturated carbocycles. The fraction of sp³-hybridized carbons (Fsp3) is 0.167. The fourth-order valence-corrected chi connectivity index (χ4v) is 2.19. The van der Waals surface area contributed by atoms with Crippen LogP contribution in [0.2, 0.25) is 0 Å². The molecule has 0 aromatic carbocycles. The van der Waals surface area contributed by atoms with Crippen molar-refractivity contribution >= 4 is 44.0 Å². The van der Waals surface area contributed by atoms with Crippen LogP contribution in [-0.4, -0.2) is 10.4 Å². The predicted octanol–water partition coefficient (Wildman–Crippen LogP) is 3.19. The average Bonchev–Trinajstić information content (AvgIpc) is 2.31. The second-order valence-electron chi connectivity index (χ2n) is 1.91. The number of rotatable bonds is 1. The van der Waals surface area contributed by atoms with E-state index >= 15 is 0 Å². The molecule has 0 aliphatic carbocycles. The maximum atomic E-state index is 8.34. The van der Waals surface area contributed by atoms with E-state index in [-0.39, 0.29) is 5.17 Å². The number of aryl methyl sites for hydroxylation is 1. The van der Waals surface area contributed by atoms with Crippen molar-refractivity contribution in [2.45, 2.75) is 6.92 Å². The zero-order valence-corrected chi connectivity index (χ0v) is 8.79. The molecule has 1 aromatic rings. The molecule has 1 aromatic heterocycles. The molecule has 0 spiro atoms. The number of hydrogen-bond donors (Lipinski definition) is 1. The standard InChI is InChI=1S/C6H5BrClNOS/c1-3-4(7)2-5(11-3)6(8)9-10/h2,10H,1H3/b9-6-. The molecule has 0 aliphatic rings. The molecule has 1 heterocycles. The van der Waals surface area contributed by atoms with Crippen LogP contribution in [0.3, 0.4) is 0 Å². The normalized spacial score (nSPS) is 12.1. The Labute approximate surface area is 81.6 Å². The Bertz CT molecular complexity index is 277. The van der Waals surface area contributed by atoms with Crippen molar-refractivity contribution in [3.05, 3.63) is 20.3 Å². The van der Waals surface area contributed by atoms with E-state index in [1.54, 1.807) is 0 Å². The van der Waals surface area contributed by atoms with Gasteiger partial charge in [0, 0.05) is 9.35 Å². The lowest BCUT2D eigenvalue weighted by atomic mass is 10.4. The molecule has 60 valence electrons. The molecule has 0 unspecified atom stereocenters. The number of oxime groups is 1. The van der Waals surface area contributed by atoms with Gasteiger partial charge < -0.3 is 5.21 Å². The highest BCUT2D eigenvalue weighted by molar-refractivity contribution is 9.10. The maximum Gasteiger partial charge on any atom is 0.185 e. The third kappa shape index (κ3) is 1.95. The van der Waals surface area contributed by atoms with Crippen molar-refractivity contribution in [2.24, 2.45) is 5.16 Å². The molecular formula is C6H5BrClNOS. The Morgan fingerprint density at radius 1 is 1.82 bits per heavy atom. The Kier molecular flexibility index (Phi) is 2.92. The average molecular weight is 255 g/mol.